The van der Waals surface area contributed by atoms with Gasteiger partial charge in [0.2, 0.25) is 10.0 Å². The van der Waals surface area contributed by atoms with E-state index in [1.807, 2.05) is 0 Å². The molecule has 1 heterocycles. The van der Waals surface area contributed by atoms with Crippen molar-refractivity contribution in [2.45, 2.75) is 24.8 Å². The number of aliphatic hydroxyl groups excluding tert-OH is 1. The van der Waals surface area contributed by atoms with Crippen LogP contribution in [0.2, 0.25) is 0 Å². The second-order valence-electron chi connectivity index (χ2n) is 5.36. The summed E-state index contributed by atoms with van der Waals surface area (Å²) in [6.45, 7) is 4.18. The number of nitrogens with one attached hydrogen (secondary N) is 1. The van der Waals surface area contributed by atoms with Crippen LogP contribution in [0.3, 0.4) is 0 Å². The molecule has 0 spiro atoms. The largest absolute Gasteiger partial charge is 0.467 e. The highest BCUT2D eigenvalue weighted by Gasteiger charge is 2.22. The first-order valence-corrected chi connectivity index (χ1v) is 9.44. The van der Waals surface area contributed by atoms with Crippen LogP contribution in [0.25, 0.3) is 0 Å². The summed E-state index contributed by atoms with van der Waals surface area (Å²) in [5.41, 5.74) is 0.208. The minimum Gasteiger partial charge on any atom is -0.467 e. The number of aliphatic hydroxyl groups is 1. The highest BCUT2D eigenvalue weighted by Crippen LogP contribution is 2.17. The third-order valence-corrected chi connectivity index (χ3v) is 5.81. The number of sulfonamides is 1. The Hall–Kier alpha value is -2.16. The summed E-state index contributed by atoms with van der Waals surface area (Å²) < 4.78 is 31.5. The average molecular weight is 366 g/mol. The second-order valence-corrected chi connectivity index (χ2v) is 7.30. The molecule has 0 aliphatic heterocycles. The number of hydrogen-bond donors (Lipinski definition) is 2. The molecule has 0 bridgehead atoms. The van der Waals surface area contributed by atoms with Crippen molar-refractivity contribution in [1.82, 2.24) is 9.62 Å². The normalized spacial score (nSPS) is 13.0. The Morgan fingerprint density at radius 3 is 2.56 bits per heavy atom. The van der Waals surface area contributed by atoms with Gasteiger partial charge < -0.3 is 14.8 Å². The van der Waals surface area contributed by atoms with E-state index in [-0.39, 0.29) is 17.0 Å². The SMILES string of the molecule is CCN(CC)S(=O)(=O)c1cccc(C(=O)NCC(O)c2ccco2)c1. The first-order valence-electron chi connectivity index (χ1n) is 8.00. The number of rotatable bonds is 8. The van der Waals surface area contributed by atoms with E-state index in [1.165, 1.54) is 34.8 Å². The van der Waals surface area contributed by atoms with E-state index in [1.54, 1.807) is 26.0 Å². The Kier molecular flexibility index (Phi) is 6.35. The van der Waals surface area contributed by atoms with Gasteiger partial charge in [0.1, 0.15) is 11.9 Å². The van der Waals surface area contributed by atoms with Crippen LogP contribution in [0, 0.1) is 0 Å². The topological polar surface area (TPSA) is 99.9 Å². The number of hydrogen-bond acceptors (Lipinski definition) is 5. The van der Waals surface area contributed by atoms with Crippen LogP contribution < -0.4 is 5.32 Å². The molecule has 0 saturated carbocycles. The summed E-state index contributed by atoms with van der Waals surface area (Å²) in [4.78, 5) is 12.3. The molecule has 8 heteroatoms. The lowest BCUT2D eigenvalue weighted by molar-refractivity contribution is 0.0901. The lowest BCUT2D eigenvalue weighted by Gasteiger charge is -2.18. The van der Waals surface area contributed by atoms with Gasteiger partial charge in [0.05, 0.1) is 17.7 Å². The van der Waals surface area contributed by atoms with E-state index in [9.17, 15) is 18.3 Å². The highest BCUT2D eigenvalue weighted by atomic mass is 32.2. The molecular weight excluding hydrogens is 344 g/mol. The van der Waals surface area contributed by atoms with Gasteiger partial charge in [-0.3, -0.25) is 4.79 Å². The second kappa shape index (κ2) is 8.28. The van der Waals surface area contributed by atoms with E-state index in [4.69, 9.17) is 4.42 Å². The Morgan fingerprint density at radius 1 is 1.24 bits per heavy atom. The van der Waals surface area contributed by atoms with Crippen LogP contribution >= 0.6 is 0 Å². The van der Waals surface area contributed by atoms with Crippen LogP contribution in [0.1, 0.15) is 36.1 Å². The molecular formula is C17H22N2O5S. The fourth-order valence-electron chi connectivity index (χ4n) is 2.38. The molecule has 2 N–H and O–H groups in total. The van der Waals surface area contributed by atoms with Gasteiger partial charge in [0.25, 0.3) is 5.91 Å². The lowest BCUT2D eigenvalue weighted by atomic mass is 10.2. The van der Waals surface area contributed by atoms with Gasteiger partial charge in [-0.25, -0.2) is 8.42 Å². The lowest BCUT2D eigenvalue weighted by Crippen LogP contribution is -2.31. The molecule has 1 unspecified atom stereocenters. The van der Waals surface area contributed by atoms with Crippen LogP contribution in [-0.2, 0) is 10.0 Å². The van der Waals surface area contributed by atoms with Crippen LogP contribution in [0.15, 0.2) is 52.0 Å². The van der Waals surface area contributed by atoms with E-state index in [2.05, 4.69) is 5.32 Å². The quantitative estimate of drug-likeness (QED) is 0.742. The van der Waals surface area contributed by atoms with E-state index in [0.29, 0.717) is 18.8 Å². The molecule has 1 aromatic carbocycles. The number of benzene rings is 1. The van der Waals surface area contributed by atoms with Gasteiger partial charge in [-0.1, -0.05) is 19.9 Å². The van der Waals surface area contributed by atoms with E-state index < -0.39 is 22.0 Å². The molecule has 0 aliphatic rings. The first-order chi connectivity index (χ1) is 11.9. The fourth-order valence-corrected chi connectivity index (χ4v) is 3.89. The summed E-state index contributed by atoms with van der Waals surface area (Å²) in [6.07, 6.45) is 0.462. The van der Waals surface area contributed by atoms with Crippen LogP contribution in [0.4, 0.5) is 0 Å². The van der Waals surface area contributed by atoms with Crippen molar-refractivity contribution < 1.29 is 22.7 Å². The number of nitrogens with zero attached hydrogens (tertiary/aromatic N) is 1. The zero-order valence-corrected chi connectivity index (χ0v) is 15.0. The molecule has 0 fully saturated rings. The average Bonchev–Trinajstić information content (AvgIpc) is 3.15. The first kappa shape index (κ1) is 19.2. The summed E-state index contributed by atoms with van der Waals surface area (Å²) >= 11 is 0. The summed E-state index contributed by atoms with van der Waals surface area (Å²) in [6, 6.07) is 9.09. The minimum atomic E-state index is -3.64. The van der Waals surface area contributed by atoms with Gasteiger partial charge >= 0.3 is 0 Å². The Bertz CT molecular complexity index is 798. The van der Waals surface area contributed by atoms with Crippen LogP contribution in [0.5, 0.6) is 0 Å². The van der Waals surface area contributed by atoms with Crippen molar-refractivity contribution in [3.8, 4) is 0 Å². The molecule has 25 heavy (non-hydrogen) atoms. The van der Waals surface area contributed by atoms with Crippen molar-refractivity contribution >= 4 is 15.9 Å². The Labute approximate surface area is 147 Å². The third-order valence-electron chi connectivity index (χ3n) is 3.77. The number of carbonyl (C=O) groups is 1. The van der Waals surface area contributed by atoms with E-state index >= 15 is 0 Å². The molecule has 2 aromatic rings. The minimum absolute atomic E-state index is 0.0423. The third kappa shape index (κ3) is 4.47. The molecule has 1 amide bonds. The van der Waals surface area contributed by atoms with Crippen molar-refractivity contribution in [3.05, 3.63) is 54.0 Å². The predicted molar refractivity (Wildman–Crippen MR) is 92.5 cm³/mol. The highest BCUT2D eigenvalue weighted by molar-refractivity contribution is 7.89. The van der Waals surface area contributed by atoms with E-state index in [0.717, 1.165) is 0 Å². The van der Waals surface area contributed by atoms with Crippen molar-refractivity contribution in [2.75, 3.05) is 19.6 Å². The summed E-state index contributed by atoms with van der Waals surface area (Å²) in [7, 11) is -3.64. The van der Waals surface area contributed by atoms with Gasteiger partial charge in [0.15, 0.2) is 0 Å². The van der Waals surface area contributed by atoms with Gasteiger partial charge in [-0.15, -0.1) is 0 Å². The predicted octanol–water partition coefficient (Wildman–Crippen LogP) is 1.77. The zero-order valence-electron chi connectivity index (χ0n) is 14.2. The van der Waals surface area contributed by atoms with Crippen molar-refractivity contribution in [3.63, 3.8) is 0 Å². The molecule has 136 valence electrons. The van der Waals surface area contributed by atoms with Crippen molar-refractivity contribution in [1.29, 1.82) is 0 Å². The molecule has 0 saturated heterocycles. The van der Waals surface area contributed by atoms with Gasteiger partial charge in [-0.2, -0.15) is 4.31 Å². The number of amides is 1. The smallest absolute Gasteiger partial charge is 0.251 e. The Morgan fingerprint density at radius 2 is 1.96 bits per heavy atom. The molecule has 0 radical (unpaired) electrons. The summed E-state index contributed by atoms with van der Waals surface area (Å²) in [5.74, 6) is -0.125. The van der Waals surface area contributed by atoms with Gasteiger partial charge in [0, 0.05) is 18.7 Å². The summed E-state index contributed by atoms with van der Waals surface area (Å²) in [5, 5.41) is 12.5. The maximum absolute atomic E-state index is 12.5. The molecule has 7 nitrogen and oxygen atoms in total. The molecule has 0 aliphatic carbocycles. The van der Waals surface area contributed by atoms with Crippen LogP contribution in [-0.4, -0.2) is 43.4 Å². The monoisotopic (exact) mass is 366 g/mol. The zero-order chi connectivity index (χ0) is 18.4. The number of carbonyl (C=O) groups excluding carboxylic acids is 1. The maximum Gasteiger partial charge on any atom is 0.251 e. The standard InChI is InChI=1S/C17H22N2O5S/c1-3-19(4-2)25(22,23)14-8-5-7-13(11-14)17(21)18-12-15(20)16-9-6-10-24-16/h5-11,15,20H,3-4,12H2,1-2H3,(H,18,21). The molecule has 2 rings (SSSR count). The Balaban J connectivity index is 2.11. The number of furan rings is 1. The van der Waals surface area contributed by atoms with Gasteiger partial charge in [-0.05, 0) is 30.3 Å². The maximum atomic E-state index is 12.5. The van der Waals surface area contributed by atoms with Crippen molar-refractivity contribution in [2.24, 2.45) is 0 Å². The fraction of sp³-hybridized carbons (Fsp3) is 0.353. The molecule has 1 atom stereocenters. The molecule has 1 aromatic heterocycles.